The van der Waals surface area contributed by atoms with E-state index < -0.39 is 12.1 Å². The number of carbonyl (C=O) groups excluding carboxylic acids is 2. The van der Waals surface area contributed by atoms with Gasteiger partial charge in [-0.15, -0.1) is 10.2 Å². The van der Waals surface area contributed by atoms with Crippen molar-refractivity contribution in [3.05, 3.63) is 46.9 Å². The van der Waals surface area contributed by atoms with Crippen molar-refractivity contribution in [2.45, 2.75) is 26.3 Å². The van der Waals surface area contributed by atoms with Crippen LogP contribution in [0.2, 0.25) is 0 Å². The number of benzene rings is 2. The Morgan fingerprint density at radius 3 is 2.61 bits per heavy atom. The van der Waals surface area contributed by atoms with E-state index in [-0.39, 0.29) is 18.6 Å². The molecule has 0 fully saturated rings. The van der Waals surface area contributed by atoms with Crippen molar-refractivity contribution in [2.75, 3.05) is 17.4 Å². The molecule has 9 nitrogen and oxygen atoms in total. The molecule has 0 spiro atoms. The van der Waals surface area contributed by atoms with E-state index in [0.29, 0.717) is 33.7 Å². The molecular weight excluding hydrogens is 510 g/mol. The maximum absolute atomic E-state index is 13.0. The summed E-state index contributed by atoms with van der Waals surface area (Å²) in [7, 11) is 0. The van der Waals surface area contributed by atoms with Crippen molar-refractivity contribution in [1.29, 1.82) is 0 Å². The average Bonchev–Trinajstić information content (AvgIpc) is 3.47. The van der Waals surface area contributed by atoms with Crippen LogP contribution in [0.15, 0.2) is 46.9 Å². The monoisotopic (exact) mass is 531 g/mol. The maximum Gasteiger partial charge on any atom is 0.319 e. The summed E-state index contributed by atoms with van der Waals surface area (Å²) in [5.41, 5.74) is 1.43. The zero-order chi connectivity index (χ0) is 23.4. The highest BCUT2D eigenvalue weighted by Gasteiger charge is 2.27. The zero-order valence-corrected chi connectivity index (χ0v) is 20.3. The van der Waals surface area contributed by atoms with Gasteiger partial charge in [0.1, 0.15) is 11.0 Å². The molecule has 3 amide bonds. The van der Waals surface area contributed by atoms with E-state index in [9.17, 15) is 9.59 Å². The molecule has 2 aromatic carbocycles. The lowest BCUT2D eigenvalue weighted by Gasteiger charge is -2.23. The number of fused-ring (bicyclic) bond motifs is 1. The third kappa shape index (κ3) is 5.60. The Balaban J connectivity index is 1.42. The number of carbonyl (C=O) groups is 2. The van der Waals surface area contributed by atoms with Crippen LogP contribution in [0.3, 0.4) is 0 Å². The Bertz CT molecular complexity index is 1150. The number of halogens is 1. The number of amides is 3. The quantitative estimate of drug-likeness (QED) is 0.400. The van der Waals surface area contributed by atoms with Crippen LogP contribution >= 0.6 is 27.3 Å². The van der Waals surface area contributed by atoms with Crippen LogP contribution < -0.4 is 25.4 Å². The van der Waals surface area contributed by atoms with Gasteiger partial charge in [-0.25, -0.2) is 4.79 Å². The highest BCUT2D eigenvalue weighted by molar-refractivity contribution is 9.10. The molecule has 172 valence electrons. The third-order valence-corrected chi connectivity index (χ3v) is 6.58. The van der Waals surface area contributed by atoms with Gasteiger partial charge in [-0.1, -0.05) is 47.5 Å². The number of aromatic nitrogens is 2. The maximum atomic E-state index is 13.0. The molecule has 0 radical (unpaired) electrons. The minimum absolute atomic E-state index is 0.0954. The summed E-state index contributed by atoms with van der Waals surface area (Å²) in [6.07, 6.45) is 0.704. The summed E-state index contributed by atoms with van der Waals surface area (Å²) in [6.45, 7) is 4.06. The Kier molecular flexibility index (Phi) is 7.09. The second-order valence-electron chi connectivity index (χ2n) is 7.44. The van der Waals surface area contributed by atoms with Crippen molar-refractivity contribution in [3.63, 3.8) is 0 Å². The molecule has 0 bridgehead atoms. The van der Waals surface area contributed by atoms with E-state index in [2.05, 4.69) is 42.1 Å². The molecule has 1 aliphatic rings. The standard InChI is InChI=1S/C22H22BrN5O4S/c1-3-12(2)18(25-21(30)24-15-7-5-14(23)6-8-15)19(29)26-22-28-27-20(33-22)13-4-9-16-17(10-13)32-11-31-16/h4-10,12,18H,3,11H2,1-2H3,(H2,24,25,30)(H,26,28,29)/t12-,18+/m1/s1. The number of urea groups is 1. The van der Waals surface area contributed by atoms with Crippen LogP contribution in [0, 0.1) is 5.92 Å². The first-order chi connectivity index (χ1) is 15.9. The molecule has 0 aliphatic carbocycles. The van der Waals surface area contributed by atoms with Crippen molar-refractivity contribution in [2.24, 2.45) is 5.92 Å². The van der Waals surface area contributed by atoms with Crippen LogP contribution in [-0.2, 0) is 4.79 Å². The first kappa shape index (κ1) is 23.0. The lowest BCUT2D eigenvalue weighted by Crippen LogP contribution is -2.49. The summed E-state index contributed by atoms with van der Waals surface area (Å²) in [6, 6.07) is 11.5. The van der Waals surface area contributed by atoms with Crippen molar-refractivity contribution < 1.29 is 19.1 Å². The Labute approximate surface area is 203 Å². The minimum atomic E-state index is -0.747. The number of nitrogens with one attached hydrogen (secondary N) is 3. The van der Waals surface area contributed by atoms with Gasteiger partial charge >= 0.3 is 6.03 Å². The molecule has 33 heavy (non-hydrogen) atoms. The Morgan fingerprint density at radius 1 is 1.09 bits per heavy atom. The lowest BCUT2D eigenvalue weighted by molar-refractivity contribution is -0.119. The third-order valence-electron chi connectivity index (χ3n) is 5.16. The molecule has 1 aliphatic heterocycles. The van der Waals surface area contributed by atoms with Gasteiger partial charge in [-0.2, -0.15) is 0 Å². The fourth-order valence-electron chi connectivity index (χ4n) is 3.15. The van der Waals surface area contributed by atoms with Crippen molar-refractivity contribution >= 4 is 50.0 Å². The molecule has 0 unspecified atom stereocenters. The highest BCUT2D eigenvalue weighted by atomic mass is 79.9. The van der Waals surface area contributed by atoms with E-state index in [1.165, 1.54) is 11.3 Å². The van der Waals surface area contributed by atoms with Crippen LogP contribution in [0.4, 0.5) is 15.6 Å². The number of hydrogen-bond acceptors (Lipinski definition) is 7. The van der Waals surface area contributed by atoms with Crippen molar-refractivity contribution in [3.8, 4) is 22.1 Å². The minimum Gasteiger partial charge on any atom is -0.454 e. The molecule has 3 aromatic rings. The number of hydrogen-bond donors (Lipinski definition) is 3. The summed E-state index contributed by atoms with van der Waals surface area (Å²) in [5.74, 6) is 0.873. The molecule has 1 aromatic heterocycles. The van der Waals surface area contributed by atoms with E-state index >= 15 is 0 Å². The molecule has 0 saturated heterocycles. The number of rotatable bonds is 7. The van der Waals surface area contributed by atoms with Crippen LogP contribution in [0.1, 0.15) is 20.3 Å². The molecule has 4 rings (SSSR count). The predicted molar refractivity (Wildman–Crippen MR) is 130 cm³/mol. The van der Waals surface area contributed by atoms with Crippen LogP contribution in [-0.4, -0.2) is 35.0 Å². The summed E-state index contributed by atoms with van der Waals surface area (Å²) < 4.78 is 11.6. The van der Waals surface area contributed by atoms with Gasteiger partial charge in [0, 0.05) is 15.7 Å². The second kappa shape index (κ2) is 10.2. The van der Waals surface area contributed by atoms with Crippen LogP contribution in [0.5, 0.6) is 11.5 Å². The normalized spacial score (nSPS) is 13.8. The number of anilines is 2. The Hall–Kier alpha value is -3.18. The summed E-state index contributed by atoms with van der Waals surface area (Å²) in [4.78, 5) is 25.5. The van der Waals surface area contributed by atoms with E-state index in [4.69, 9.17) is 9.47 Å². The summed E-state index contributed by atoms with van der Waals surface area (Å²) >= 11 is 4.59. The predicted octanol–water partition coefficient (Wildman–Crippen LogP) is 4.87. The first-order valence-electron chi connectivity index (χ1n) is 10.3. The van der Waals surface area contributed by atoms with Gasteiger partial charge in [-0.3, -0.25) is 10.1 Å². The number of nitrogens with zero attached hydrogens (tertiary/aromatic N) is 2. The smallest absolute Gasteiger partial charge is 0.319 e. The van der Waals surface area contributed by atoms with Gasteiger partial charge in [0.2, 0.25) is 17.8 Å². The fraction of sp³-hybridized carbons (Fsp3) is 0.273. The zero-order valence-electron chi connectivity index (χ0n) is 17.9. The molecule has 0 saturated carbocycles. The lowest BCUT2D eigenvalue weighted by atomic mass is 9.98. The Morgan fingerprint density at radius 2 is 1.85 bits per heavy atom. The van der Waals surface area contributed by atoms with Gasteiger partial charge < -0.3 is 20.1 Å². The molecule has 2 atom stereocenters. The van der Waals surface area contributed by atoms with Gasteiger partial charge in [0.25, 0.3) is 0 Å². The van der Waals surface area contributed by atoms with Gasteiger partial charge in [0.05, 0.1) is 0 Å². The number of ether oxygens (including phenoxy) is 2. The largest absolute Gasteiger partial charge is 0.454 e. The van der Waals surface area contributed by atoms with E-state index in [1.54, 1.807) is 12.1 Å². The topological polar surface area (TPSA) is 114 Å². The fourth-order valence-corrected chi connectivity index (χ4v) is 4.15. The molecule has 3 N–H and O–H groups in total. The SMILES string of the molecule is CC[C@@H](C)[C@H](NC(=O)Nc1ccc(Br)cc1)C(=O)Nc1nnc(-c2ccc3c(c2)OCO3)s1. The molecule has 11 heteroatoms. The summed E-state index contributed by atoms with van der Waals surface area (Å²) in [5, 5.41) is 17.5. The first-order valence-corrected chi connectivity index (χ1v) is 11.9. The average molecular weight is 532 g/mol. The van der Waals surface area contributed by atoms with Gasteiger partial charge in [-0.05, 0) is 48.4 Å². The second-order valence-corrected chi connectivity index (χ2v) is 9.33. The molecule has 2 heterocycles. The van der Waals surface area contributed by atoms with Crippen molar-refractivity contribution in [1.82, 2.24) is 15.5 Å². The highest BCUT2D eigenvalue weighted by Crippen LogP contribution is 2.37. The van der Waals surface area contributed by atoms with E-state index in [1.807, 2.05) is 44.2 Å². The van der Waals surface area contributed by atoms with Gasteiger partial charge in [0.15, 0.2) is 11.5 Å². The van der Waals surface area contributed by atoms with Crippen LogP contribution in [0.25, 0.3) is 10.6 Å². The molecular formula is C22H22BrN5O4S. The van der Waals surface area contributed by atoms with E-state index in [0.717, 1.165) is 10.0 Å².